The largest absolute Gasteiger partial charge is 0.324 e. The Morgan fingerprint density at radius 3 is 2.67 bits per heavy atom. The van der Waals surface area contributed by atoms with Crippen molar-refractivity contribution in [1.29, 1.82) is 0 Å². The molecule has 1 aromatic carbocycles. The number of rotatable bonds is 4. The molecule has 1 saturated carbocycles. The molecule has 3 N–H and O–H groups in total. The Labute approximate surface area is 109 Å². The van der Waals surface area contributed by atoms with E-state index in [2.05, 4.69) is 18.3 Å². The highest BCUT2D eigenvalue weighted by atomic mass is 16.2. The lowest BCUT2D eigenvalue weighted by atomic mass is 9.97. The summed E-state index contributed by atoms with van der Waals surface area (Å²) >= 11 is 0. The van der Waals surface area contributed by atoms with Crippen LogP contribution in [-0.4, -0.2) is 11.4 Å². The summed E-state index contributed by atoms with van der Waals surface area (Å²) in [6.45, 7) is 2.14. The second-order valence-electron chi connectivity index (χ2n) is 5.22. The van der Waals surface area contributed by atoms with E-state index in [9.17, 15) is 4.79 Å². The summed E-state index contributed by atoms with van der Waals surface area (Å²) in [7, 11) is 0. The quantitative estimate of drug-likeness (QED) is 0.858. The number of hydrogen-bond acceptors (Lipinski definition) is 2. The fourth-order valence-corrected chi connectivity index (χ4v) is 2.61. The van der Waals surface area contributed by atoms with E-state index in [-0.39, 0.29) is 5.91 Å². The normalized spacial score (nSPS) is 17.7. The Morgan fingerprint density at radius 2 is 2.00 bits per heavy atom. The molecule has 2 rings (SSSR count). The van der Waals surface area contributed by atoms with Crippen molar-refractivity contribution in [2.45, 2.75) is 51.0 Å². The van der Waals surface area contributed by atoms with E-state index in [0.29, 0.717) is 0 Å². The van der Waals surface area contributed by atoms with Gasteiger partial charge in [0.2, 0.25) is 5.91 Å². The van der Waals surface area contributed by atoms with Gasteiger partial charge in [0.25, 0.3) is 0 Å². The molecule has 0 radical (unpaired) electrons. The minimum Gasteiger partial charge on any atom is -0.324 e. The first kappa shape index (κ1) is 13.1. The monoisotopic (exact) mass is 246 g/mol. The van der Waals surface area contributed by atoms with Gasteiger partial charge < -0.3 is 11.1 Å². The van der Waals surface area contributed by atoms with Gasteiger partial charge in [-0.3, -0.25) is 4.79 Å². The van der Waals surface area contributed by atoms with E-state index in [0.717, 1.165) is 44.2 Å². The van der Waals surface area contributed by atoms with Crippen molar-refractivity contribution in [2.24, 2.45) is 5.73 Å². The lowest BCUT2D eigenvalue weighted by molar-refractivity contribution is -0.121. The number of amides is 1. The molecule has 98 valence electrons. The van der Waals surface area contributed by atoms with Crippen LogP contribution < -0.4 is 11.1 Å². The number of carbonyl (C=O) groups excluding carboxylic acids is 1. The average molecular weight is 246 g/mol. The second kappa shape index (κ2) is 5.53. The van der Waals surface area contributed by atoms with Crippen molar-refractivity contribution >= 4 is 11.6 Å². The zero-order valence-electron chi connectivity index (χ0n) is 11.0. The van der Waals surface area contributed by atoms with E-state index in [1.54, 1.807) is 0 Å². The number of nitrogens with two attached hydrogens (primary N) is 1. The zero-order valence-corrected chi connectivity index (χ0v) is 11.0. The summed E-state index contributed by atoms with van der Waals surface area (Å²) in [6.07, 6.45) is 5.76. The maximum Gasteiger partial charge on any atom is 0.244 e. The number of anilines is 1. The molecule has 1 fully saturated rings. The van der Waals surface area contributed by atoms with Crippen LogP contribution in [0.2, 0.25) is 0 Å². The molecular formula is C15H22N2O. The van der Waals surface area contributed by atoms with Crippen LogP contribution in [0.3, 0.4) is 0 Å². The maximum absolute atomic E-state index is 12.3. The third-order valence-corrected chi connectivity index (χ3v) is 3.73. The van der Waals surface area contributed by atoms with Crippen LogP contribution in [0.25, 0.3) is 0 Å². The first-order valence-corrected chi connectivity index (χ1v) is 6.84. The van der Waals surface area contributed by atoms with Crippen LogP contribution in [0.4, 0.5) is 5.69 Å². The Bertz CT molecular complexity index is 422. The number of benzene rings is 1. The van der Waals surface area contributed by atoms with Gasteiger partial charge >= 0.3 is 0 Å². The highest BCUT2D eigenvalue weighted by molar-refractivity contribution is 5.98. The van der Waals surface area contributed by atoms with Crippen LogP contribution >= 0.6 is 0 Å². The van der Waals surface area contributed by atoms with Crippen molar-refractivity contribution in [1.82, 2.24) is 0 Å². The Hall–Kier alpha value is -1.35. The molecule has 1 amide bonds. The molecule has 0 aliphatic heterocycles. The molecule has 18 heavy (non-hydrogen) atoms. The van der Waals surface area contributed by atoms with Gasteiger partial charge in [-0.2, -0.15) is 0 Å². The fourth-order valence-electron chi connectivity index (χ4n) is 2.61. The van der Waals surface area contributed by atoms with Crippen molar-refractivity contribution in [2.75, 3.05) is 5.32 Å². The average Bonchev–Trinajstić information content (AvgIpc) is 2.80. The van der Waals surface area contributed by atoms with Gasteiger partial charge in [-0.25, -0.2) is 0 Å². The molecule has 3 heteroatoms. The minimum absolute atomic E-state index is 0.0245. The van der Waals surface area contributed by atoms with Gasteiger partial charge in [0.1, 0.15) is 0 Å². The van der Waals surface area contributed by atoms with Gasteiger partial charge in [0.15, 0.2) is 0 Å². The summed E-state index contributed by atoms with van der Waals surface area (Å²) in [6, 6.07) is 7.99. The summed E-state index contributed by atoms with van der Waals surface area (Å²) < 4.78 is 0. The molecule has 0 spiro atoms. The number of nitrogens with one attached hydrogen (secondary N) is 1. The van der Waals surface area contributed by atoms with E-state index in [1.165, 1.54) is 5.56 Å². The number of aryl methyl sites for hydroxylation is 1. The maximum atomic E-state index is 12.3. The molecule has 0 unspecified atom stereocenters. The molecule has 0 heterocycles. The number of para-hydroxylation sites is 1. The summed E-state index contributed by atoms with van der Waals surface area (Å²) in [4.78, 5) is 12.3. The van der Waals surface area contributed by atoms with Crippen LogP contribution in [0.1, 0.15) is 44.6 Å². The van der Waals surface area contributed by atoms with Crippen molar-refractivity contribution in [3.8, 4) is 0 Å². The summed E-state index contributed by atoms with van der Waals surface area (Å²) in [5, 5.41) is 3.01. The van der Waals surface area contributed by atoms with Gasteiger partial charge in [-0.05, 0) is 30.9 Å². The van der Waals surface area contributed by atoms with E-state index in [4.69, 9.17) is 5.73 Å². The van der Waals surface area contributed by atoms with Crippen LogP contribution in [0, 0.1) is 0 Å². The smallest absolute Gasteiger partial charge is 0.244 e. The van der Waals surface area contributed by atoms with E-state index in [1.807, 2.05) is 18.2 Å². The Balaban J connectivity index is 2.11. The van der Waals surface area contributed by atoms with Crippen molar-refractivity contribution in [3.05, 3.63) is 29.8 Å². The summed E-state index contributed by atoms with van der Waals surface area (Å²) in [5.74, 6) is -0.0245. The van der Waals surface area contributed by atoms with Crippen LogP contribution in [0.5, 0.6) is 0 Å². The Kier molecular flexibility index (Phi) is 4.02. The van der Waals surface area contributed by atoms with E-state index >= 15 is 0 Å². The standard InChI is InChI=1S/C15H22N2O/c1-2-7-12-8-3-4-9-13(12)17-14(18)15(16)10-5-6-11-15/h3-4,8-9H,2,5-7,10-11,16H2,1H3,(H,17,18). The predicted molar refractivity (Wildman–Crippen MR) is 74.5 cm³/mol. The lowest BCUT2D eigenvalue weighted by Crippen LogP contribution is -2.48. The molecule has 0 atom stereocenters. The molecular weight excluding hydrogens is 224 g/mol. The van der Waals surface area contributed by atoms with E-state index < -0.39 is 5.54 Å². The first-order chi connectivity index (χ1) is 8.65. The zero-order chi connectivity index (χ0) is 13.0. The summed E-state index contributed by atoms with van der Waals surface area (Å²) in [5.41, 5.74) is 7.62. The minimum atomic E-state index is -0.653. The lowest BCUT2D eigenvalue weighted by Gasteiger charge is -2.23. The molecule has 0 aromatic heterocycles. The molecule has 1 aromatic rings. The van der Waals surface area contributed by atoms with Crippen LogP contribution in [0.15, 0.2) is 24.3 Å². The number of carbonyl (C=O) groups is 1. The molecule has 0 bridgehead atoms. The number of hydrogen-bond donors (Lipinski definition) is 2. The third kappa shape index (κ3) is 2.72. The van der Waals surface area contributed by atoms with Gasteiger partial charge in [0, 0.05) is 5.69 Å². The Morgan fingerprint density at radius 1 is 1.33 bits per heavy atom. The molecule has 3 nitrogen and oxygen atoms in total. The van der Waals surface area contributed by atoms with Gasteiger partial charge in [-0.15, -0.1) is 0 Å². The first-order valence-electron chi connectivity index (χ1n) is 6.84. The fraction of sp³-hybridized carbons (Fsp3) is 0.533. The molecule has 1 aliphatic rings. The van der Waals surface area contributed by atoms with Crippen molar-refractivity contribution in [3.63, 3.8) is 0 Å². The third-order valence-electron chi connectivity index (χ3n) is 3.73. The predicted octanol–water partition coefficient (Wildman–Crippen LogP) is 2.85. The van der Waals surface area contributed by atoms with Crippen molar-refractivity contribution < 1.29 is 4.79 Å². The molecule has 1 aliphatic carbocycles. The topological polar surface area (TPSA) is 55.1 Å². The highest BCUT2D eigenvalue weighted by Crippen LogP contribution is 2.29. The van der Waals surface area contributed by atoms with Gasteiger partial charge in [-0.1, -0.05) is 44.4 Å². The highest BCUT2D eigenvalue weighted by Gasteiger charge is 2.37. The molecule has 0 saturated heterocycles. The van der Waals surface area contributed by atoms with Crippen LogP contribution in [-0.2, 0) is 11.2 Å². The second-order valence-corrected chi connectivity index (χ2v) is 5.22. The SMILES string of the molecule is CCCc1ccccc1NC(=O)C1(N)CCCC1. The van der Waals surface area contributed by atoms with Gasteiger partial charge in [0.05, 0.1) is 5.54 Å².